The summed E-state index contributed by atoms with van der Waals surface area (Å²) in [6.07, 6.45) is 4.19. The van der Waals surface area contributed by atoms with Gasteiger partial charge in [-0.15, -0.1) is 0 Å². The fourth-order valence-electron chi connectivity index (χ4n) is 4.28. The first-order chi connectivity index (χ1) is 13.7. The van der Waals surface area contributed by atoms with Gasteiger partial charge in [-0.3, -0.25) is 0 Å². The second kappa shape index (κ2) is 6.68. The monoisotopic (exact) mass is 371 g/mol. The molecule has 5 nitrogen and oxygen atoms in total. The van der Waals surface area contributed by atoms with Crippen molar-refractivity contribution in [2.24, 2.45) is 0 Å². The molecule has 5 heteroatoms. The lowest BCUT2D eigenvalue weighted by Crippen LogP contribution is -2.33. The Morgan fingerprint density at radius 3 is 2.50 bits per heavy atom. The second-order valence-electron chi connectivity index (χ2n) is 7.38. The quantitative estimate of drug-likeness (QED) is 0.573. The minimum Gasteiger partial charge on any atom is -0.478 e. The molecule has 1 saturated heterocycles. The van der Waals surface area contributed by atoms with Crippen molar-refractivity contribution >= 4 is 28.3 Å². The van der Waals surface area contributed by atoms with Crippen molar-refractivity contribution in [2.75, 3.05) is 18.0 Å². The number of aromatic carboxylic acids is 1. The summed E-state index contributed by atoms with van der Waals surface area (Å²) in [5, 5.41) is 9.33. The van der Waals surface area contributed by atoms with E-state index >= 15 is 0 Å². The molecule has 0 saturated carbocycles. The van der Waals surface area contributed by atoms with E-state index in [0.29, 0.717) is 11.4 Å². The maximum Gasteiger partial charge on any atom is 0.335 e. The third kappa shape index (κ3) is 2.80. The first kappa shape index (κ1) is 16.8. The van der Waals surface area contributed by atoms with Crippen LogP contribution in [0.1, 0.15) is 34.7 Å². The van der Waals surface area contributed by atoms with E-state index in [0.717, 1.165) is 42.8 Å². The highest BCUT2D eigenvalue weighted by atomic mass is 16.4. The van der Waals surface area contributed by atoms with Gasteiger partial charge in [-0.05, 0) is 54.7 Å². The van der Waals surface area contributed by atoms with Gasteiger partial charge >= 0.3 is 5.97 Å². The van der Waals surface area contributed by atoms with E-state index in [2.05, 4.69) is 45.7 Å². The summed E-state index contributed by atoms with van der Waals surface area (Å²) in [5.74, 6) is 0.590. The number of piperidine rings is 1. The highest BCUT2D eigenvalue weighted by Gasteiger charge is 2.23. The van der Waals surface area contributed by atoms with Gasteiger partial charge in [0.1, 0.15) is 0 Å². The number of anilines is 1. The molecule has 0 bridgehead atoms. The van der Waals surface area contributed by atoms with E-state index in [9.17, 15) is 9.90 Å². The summed E-state index contributed by atoms with van der Waals surface area (Å²) in [7, 11) is 0. The lowest BCUT2D eigenvalue weighted by atomic mass is 9.89. The van der Waals surface area contributed by atoms with Crippen LogP contribution in [0.25, 0.3) is 16.6 Å². The van der Waals surface area contributed by atoms with Crippen LogP contribution < -0.4 is 4.90 Å². The van der Waals surface area contributed by atoms with E-state index in [4.69, 9.17) is 4.98 Å². The van der Waals surface area contributed by atoms with Gasteiger partial charge in [0.2, 0.25) is 0 Å². The fourth-order valence-corrected chi connectivity index (χ4v) is 4.28. The van der Waals surface area contributed by atoms with Crippen molar-refractivity contribution in [1.29, 1.82) is 0 Å². The molecule has 28 heavy (non-hydrogen) atoms. The third-order valence-corrected chi connectivity index (χ3v) is 5.75. The fraction of sp³-hybridized carbons (Fsp3) is 0.217. The van der Waals surface area contributed by atoms with Crippen molar-refractivity contribution in [3.05, 3.63) is 78.0 Å². The van der Waals surface area contributed by atoms with Crippen molar-refractivity contribution in [3.63, 3.8) is 0 Å². The molecule has 5 rings (SSSR count). The number of carbonyl (C=O) groups is 1. The molecule has 3 heterocycles. The Morgan fingerprint density at radius 1 is 0.964 bits per heavy atom. The number of nitrogens with zero attached hydrogens (tertiary/aromatic N) is 3. The molecule has 140 valence electrons. The number of hydrogen-bond donors (Lipinski definition) is 1. The van der Waals surface area contributed by atoms with Gasteiger partial charge in [-0.1, -0.05) is 30.3 Å². The summed E-state index contributed by atoms with van der Waals surface area (Å²) < 4.78 is 2.10. The maximum absolute atomic E-state index is 11.4. The Hall–Kier alpha value is -3.34. The summed E-state index contributed by atoms with van der Waals surface area (Å²) in [6, 6.07) is 19.9. The van der Waals surface area contributed by atoms with Crippen LogP contribution in [0.3, 0.4) is 0 Å². The van der Waals surface area contributed by atoms with Crippen molar-refractivity contribution in [2.45, 2.75) is 18.8 Å². The third-order valence-electron chi connectivity index (χ3n) is 5.75. The van der Waals surface area contributed by atoms with E-state index < -0.39 is 5.97 Å². The van der Waals surface area contributed by atoms with E-state index in [1.54, 1.807) is 12.1 Å². The number of rotatable bonds is 3. The van der Waals surface area contributed by atoms with Gasteiger partial charge in [0.05, 0.1) is 22.1 Å². The summed E-state index contributed by atoms with van der Waals surface area (Å²) in [5.41, 5.74) is 4.37. The number of carboxylic acid groups (broad SMARTS) is 1. The van der Waals surface area contributed by atoms with E-state index in [-0.39, 0.29) is 5.56 Å². The van der Waals surface area contributed by atoms with Crippen LogP contribution in [-0.2, 0) is 0 Å². The molecule has 0 unspecified atom stereocenters. The normalized spacial score (nSPS) is 15.4. The molecule has 0 radical (unpaired) electrons. The summed E-state index contributed by atoms with van der Waals surface area (Å²) in [4.78, 5) is 18.6. The molecule has 0 spiro atoms. The average molecular weight is 371 g/mol. The molecular formula is C23H21N3O2. The van der Waals surface area contributed by atoms with Gasteiger partial charge in [0, 0.05) is 19.3 Å². The van der Waals surface area contributed by atoms with Crippen LogP contribution in [0.2, 0.25) is 0 Å². The first-order valence-corrected chi connectivity index (χ1v) is 9.65. The zero-order chi connectivity index (χ0) is 19.1. The molecular weight excluding hydrogens is 350 g/mol. The summed E-state index contributed by atoms with van der Waals surface area (Å²) >= 11 is 0. The van der Waals surface area contributed by atoms with Crippen LogP contribution in [0.15, 0.2) is 66.9 Å². The number of benzene rings is 2. The lowest BCUT2D eigenvalue weighted by molar-refractivity contribution is 0.0697. The number of aromatic nitrogens is 2. The van der Waals surface area contributed by atoms with Gasteiger partial charge in [-0.25, -0.2) is 9.78 Å². The molecule has 0 aliphatic carbocycles. The molecule has 1 aliphatic heterocycles. The molecule has 1 aliphatic rings. The first-order valence-electron chi connectivity index (χ1n) is 9.65. The number of hydrogen-bond acceptors (Lipinski definition) is 3. The predicted octanol–water partition coefficient (Wildman–Crippen LogP) is 4.57. The Labute approximate surface area is 162 Å². The topological polar surface area (TPSA) is 57.8 Å². The highest BCUT2D eigenvalue weighted by molar-refractivity contribution is 5.94. The molecule has 0 amide bonds. The minimum absolute atomic E-state index is 0.264. The van der Waals surface area contributed by atoms with Crippen molar-refractivity contribution < 1.29 is 9.90 Å². The molecule has 1 N–H and O–H groups in total. The van der Waals surface area contributed by atoms with Gasteiger partial charge in [0.25, 0.3) is 0 Å². The zero-order valence-corrected chi connectivity index (χ0v) is 15.5. The Bertz CT molecular complexity index is 1160. The minimum atomic E-state index is -0.929. The van der Waals surface area contributed by atoms with Crippen molar-refractivity contribution in [1.82, 2.24) is 9.38 Å². The molecule has 2 aromatic heterocycles. The Balaban J connectivity index is 1.51. The van der Waals surface area contributed by atoms with Gasteiger partial charge in [0.15, 0.2) is 5.82 Å². The summed E-state index contributed by atoms with van der Waals surface area (Å²) in [6.45, 7) is 1.88. The van der Waals surface area contributed by atoms with Crippen molar-refractivity contribution in [3.8, 4) is 0 Å². The zero-order valence-electron chi connectivity index (χ0n) is 15.5. The lowest BCUT2D eigenvalue weighted by Gasteiger charge is -2.33. The number of carboxylic acids is 1. The van der Waals surface area contributed by atoms with Gasteiger partial charge < -0.3 is 14.4 Å². The SMILES string of the molecule is O=C(O)c1ccc2c(c1)nc(N1CCC(c3ccccc3)CC1)c1cccn12. The molecule has 1 fully saturated rings. The highest BCUT2D eigenvalue weighted by Crippen LogP contribution is 2.32. The van der Waals surface area contributed by atoms with E-state index in [1.165, 1.54) is 5.56 Å². The van der Waals surface area contributed by atoms with Gasteiger partial charge in [-0.2, -0.15) is 0 Å². The average Bonchev–Trinajstić information content (AvgIpc) is 3.24. The van der Waals surface area contributed by atoms with E-state index in [1.807, 2.05) is 18.3 Å². The number of fused-ring (bicyclic) bond motifs is 3. The maximum atomic E-state index is 11.4. The Kier molecular flexibility index (Phi) is 4.01. The second-order valence-corrected chi connectivity index (χ2v) is 7.38. The van der Waals surface area contributed by atoms with Crippen LogP contribution in [0, 0.1) is 0 Å². The Morgan fingerprint density at radius 2 is 1.75 bits per heavy atom. The predicted molar refractivity (Wildman–Crippen MR) is 110 cm³/mol. The molecule has 2 aromatic carbocycles. The standard InChI is InChI=1S/C23H21N3O2/c27-23(28)18-8-9-20-19(15-18)24-22(21-7-4-12-26(20)21)25-13-10-17(11-14-25)16-5-2-1-3-6-16/h1-9,12,15,17H,10-11,13-14H2,(H,27,28). The van der Waals surface area contributed by atoms with Crippen LogP contribution in [-0.4, -0.2) is 33.6 Å². The largest absolute Gasteiger partial charge is 0.478 e. The molecule has 0 atom stereocenters. The smallest absolute Gasteiger partial charge is 0.335 e. The molecule has 4 aromatic rings. The van der Waals surface area contributed by atoms with Crippen LogP contribution in [0.5, 0.6) is 0 Å². The van der Waals surface area contributed by atoms with Crippen LogP contribution in [0.4, 0.5) is 5.82 Å². The van der Waals surface area contributed by atoms with Crippen LogP contribution >= 0.6 is 0 Å².